The van der Waals surface area contributed by atoms with Crippen LogP contribution in [0.4, 0.5) is 0 Å². The number of methoxy groups -OCH3 is 1. The van der Waals surface area contributed by atoms with Gasteiger partial charge in [-0.15, -0.1) is 0 Å². The Morgan fingerprint density at radius 1 is 1.18 bits per heavy atom. The van der Waals surface area contributed by atoms with Gasteiger partial charge in [0.2, 0.25) is 0 Å². The monoisotopic (exact) mass is 245 g/mol. The minimum atomic E-state index is 0.137. The molecule has 0 aromatic carbocycles. The van der Waals surface area contributed by atoms with Crippen LogP contribution in [0.5, 0.6) is 0 Å². The van der Waals surface area contributed by atoms with Gasteiger partial charge in [-0.05, 0) is 6.42 Å². The fourth-order valence-corrected chi connectivity index (χ4v) is 1.76. The van der Waals surface area contributed by atoms with Gasteiger partial charge in [-0.3, -0.25) is 4.79 Å². The Hall–Kier alpha value is -0.490. The molecule has 0 aromatic heterocycles. The highest BCUT2D eigenvalue weighted by molar-refractivity contribution is 5.82. The quantitative estimate of drug-likeness (QED) is 0.590. The van der Waals surface area contributed by atoms with Gasteiger partial charge >= 0.3 is 0 Å². The number of nitrogens with one attached hydrogen (secondary N) is 1. The van der Waals surface area contributed by atoms with E-state index in [0.717, 1.165) is 19.5 Å². The van der Waals surface area contributed by atoms with E-state index in [1.807, 2.05) is 0 Å². The summed E-state index contributed by atoms with van der Waals surface area (Å²) < 4.78 is 15.5. The molecule has 0 aromatic rings. The number of ether oxygens (including phenoxy) is 3. The summed E-state index contributed by atoms with van der Waals surface area (Å²) in [6, 6.07) is 0. The van der Waals surface area contributed by atoms with Gasteiger partial charge in [0.15, 0.2) is 0 Å². The van der Waals surface area contributed by atoms with Crippen LogP contribution in [0.2, 0.25) is 0 Å². The highest BCUT2D eigenvalue weighted by Gasteiger charge is 2.21. The summed E-state index contributed by atoms with van der Waals surface area (Å²) in [6.07, 6.45) is 1.47. The van der Waals surface area contributed by atoms with Crippen LogP contribution in [0.1, 0.15) is 12.8 Å². The molecule has 5 heteroatoms. The molecule has 1 unspecified atom stereocenters. The molecule has 1 saturated heterocycles. The number of Topliss-reactive ketones (excluding diaryl/α,β-unsaturated/α-hetero) is 1. The minimum absolute atomic E-state index is 0.137. The van der Waals surface area contributed by atoms with Crippen LogP contribution >= 0.6 is 0 Å². The zero-order valence-corrected chi connectivity index (χ0v) is 10.6. The van der Waals surface area contributed by atoms with Gasteiger partial charge in [-0.25, -0.2) is 0 Å². The molecule has 100 valence electrons. The van der Waals surface area contributed by atoms with Crippen molar-refractivity contribution in [3.8, 4) is 0 Å². The predicted octanol–water partition coefficient (Wildman–Crippen LogP) is 0.235. The Morgan fingerprint density at radius 2 is 1.88 bits per heavy atom. The van der Waals surface area contributed by atoms with Gasteiger partial charge in [-0.2, -0.15) is 0 Å². The van der Waals surface area contributed by atoms with Gasteiger partial charge in [-0.1, -0.05) is 0 Å². The second kappa shape index (κ2) is 9.53. The third-order valence-electron chi connectivity index (χ3n) is 2.81. The van der Waals surface area contributed by atoms with Crippen LogP contribution in [-0.2, 0) is 19.0 Å². The number of piperidine rings is 1. The lowest BCUT2D eigenvalue weighted by Crippen LogP contribution is -2.37. The van der Waals surface area contributed by atoms with Gasteiger partial charge in [0, 0.05) is 39.1 Å². The van der Waals surface area contributed by atoms with Crippen molar-refractivity contribution in [1.82, 2.24) is 5.32 Å². The van der Waals surface area contributed by atoms with Crippen LogP contribution in [-0.4, -0.2) is 59.0 Å². The molecule has 0 bridgehead atoms. The van der Waals surface area contributed by atoms with Crippen molar-refractivity contribution < 1.29 is 19.0 Å². The zero-order valence-electron chi connectivity index (χ0n) is 10.6. The fraction of sp³-hybridized carbons (Fsp3) is 0.917. The molecule has 0 amide bonds. The summed E-state index contributed by atoms with van der Waals surface area (Å²) in [5.74, 6) is 0.502. The first-order valence-corrected chi connectivity index (χ1v) is 6.22. The lowest BCUT2D eigenvalue weighted by Gasteiger charge is -2.21. The highest BCUT2D eigenvalue weighted by atomic mass is 16.5. The van der Waals surface area contributed by atoms with Crippen LogP contribution < -0.4 is 5.32 Å². The molecule has 0 spiro atoms. The fourth-order valence-electron chi connectivity index (χ4n) is 1.76. The molecule has 1 N–H and O–H groups in total. The third-order valence-corrected chi connectivity index (χ3v) is 2.81. The Morgan fingerprint density at radius 3 is 2.59 bits per heavy atom. The van der Waals surface area contributed by atoms with E-state index < -0.39 is 0 Å². The summed E-state index contributed by atoms with van der Waals surface area (Å²) in [5, 5.41) is 3.23. The third kappa shape index (κ3) is 6.73. The van der Waals surface area contributed by atoms with E-state index in [4.69, 9.17) is 14.2 Å². The lowest BCUT2D eigenvalue weighted by atomic mass is 9.95. The molecule has 0 aliphatic carbocycles. The van der Waals surface area contributed by atoms with Crippen LogP contribution in [0.3, 0.4) is 0 Å². The Balaban J connectivity index is 1.88. The average Bonchev–Trinajstić information content (AvgIpc) is 2.35. The molecule has 1 aliphatic rings. The number of hydrogen-bond donors (Lipinski definition) is 1. The SMILES string of the molecule is COCCOCCOCCC1CNCCC1=O. The minimum Gasteiger partial charge on any atom is -0.382 e. The topological polar surface area (TPSA) is 56.8 Å². The van der Waals surface area contributed by atoms with E-state index in [1.54, 1.807) is 7.11 Å². The number of hydrogen-bond acceptors (Lipinski definition) is 5. The largest absolute Gasteiger partial charge is 0.382 e. The van der Waals surface area contributed by atoms with Gasteiger partial charge in [0.1, 0.15) is 5.78 Å². The molecular formula is C12H23NO4. The van der Waals surface area contributed by atoms with Gasteiger partial charge in [0.25, 0.3) is 0 Å². The molecule has 1 rings (SSSR count). The first-order chi connectivity index (χ1) is 8.34. The van der Waals surface area contributed by atoms with Crippen molar-refractivity contribution >= 4 is 5.78 Å². The second-order valence-corrected chi connectivity index (χ2v) is 4.12. The zero-order chi connectivity index (χ0) is 12.3. The van der Waals surface area contributed by atoms with Crippen molar-refractivity contribution in [2.75, 3.05) is 53.2 Å². The van der Waals surface area contributed by atoms with Crippen molar-refractivity contribution in [2.24, 2.45) is 5.92 Å². The Labute approximate surface area is 103 Å². The highest BCUT2D eigenvalue weighted by Crippen LogP contribution is 2.09. The predicted molar refractivity (Wildman–Crippen MR) is 64.1 cm³/mol. The van der Waals surface area contributed by atoms with E-state index in [9.17, 15) is 4.79 Å². The van der Waals surface area contributed by atoms with E-state index in [2.05, 4.69) is 5.32 Å². The van der Waals surface area contributed by atoms with Crippen molar-refractivity contribution in [3.05, 3.63) is 0 Å². The Kier molecular flexibility index (Phi) is 8.17. The summed E-state index contributed by atoms with van der Waals surface area (Å²) >= 11 is 0. The molecule has 1 fully saturated rings. The normalized spacial score (nSPS) is 20.8. The smallest absolute Gasteiger partial charge is 0.138 e. The van der Waals surface area contributed by atoms with E-state index >= 15 is 0 Å². The van der Waals surface area contributed by atoms with E-state index in [-0.39, 0.29) is 5.92 Å². The number of carbonyl (C=O) groups excluding carboxylic acids is 1. The maximum Gasteiger partial charge on any atom is 0.138 e. The first-order valence-electron chi connectivity index (χ1n) is 6.22. The van der Waals surface area contributed by atoms with Crippen LogP contribution in [0.15, 0.2) is 0 Å². The van der Waals surface area contributed by atoms with E-state index in [0.29, 0.717) is 45.2 Å². The summed E-state index contributed by atoms with van der Waals surface area (Å²) in [7, 11) is 1.65. The number of rotatable bonds is 9. The maximum atomic E-state index is 11.5. The van der Waals surface area contributed by atoms with Crippen molar-refractivity contribution in [1.29, 1.82) is 0 Å². The maximum absolute atomic E-state index is 11.5. The molecule has 0 saturated carbocycles. The number of carbonyl (C=O) groups is 1. The van der Waals surface area contributed by atoms with Gasteiger partial charge in [0.05, 0.1) is 26.4 Å². The molecule has 1 heterocycles. The lowest BCUT2D eigenvalue weighted by molar-refractivity contribution is -0.124. The summed E-state index contributed by atoms with van der Waals surface area (Å²) in [4.78, 5) is 11.5. The van der Waals surface area contributed by atoms with Crippen molar-refractivity contribution in [2.45, 2.75) is 12.8 Å². The average molecular weight is 245 g/mol. The second-order valence-electron chi connectivity index (χ2n) is 4.12. The van der Waals surface area contributed by atoms with Crippen molar-refractivity contribution in [3.63, 3.8) is 0 Å². The number of ketones is 1. The molecule has 0 radical (unpaired) electrons. The standard InChI is InChI=1S/C12H23NO4/c1-15-6-7-17-9-8-16-5-3-11-10-13-4-2-12(11)14/h11,13H,2-10H2,1H3. The van der Waals surface area contributed by atoms with E-state index in [1.165, 1.54) is 0 Å². The molecular weight excluding hydrogens is 222 g/mol. The summed E-state index contributed by atoms with van der Waals surface area (Å²) in [6.45, 7) is 4.63. The Bertz CT molecular complexity index is 211. The summed E-state index contributed by atoms with van der Waals surface area (Å²) in [5.41, 5.74) is 0. The van der Waals surface area contributed by atoms with Crippen LogP contribution in [0, 0.1) is 5.92 Å². The molecule has 17 heavy (non-hydrogen) atoms. The molecule has 5 nitrogen and oxygen atoms in total. The molecule has 1 aliphatic heterocycles. The first kappa shape index (κ1) is 14.6. The molecule has 1 atom stereocenters. The van der Waals surface area contributed by atoms with Crippen LogP contribution in [0.25, 0.3) is 0 Å². The van der Waals surface area contributed by atoms with Gasteiger partial charge < -0.3 is 19.5 Å².